The number of hydrogen-bond donors (Lipinski definition) is 1. The monoisotopic (exact) mass is 228 g/mol. The van der Waals surface area contributed by atoms with Crippen LogP contribution in [0, 0.1) is 5.41 Å². The van der Waals surface area contributed by atoms with Crippen molar-refractivity contribution in [2.24, 2.45) is 5.41 Å². The van der Waals surface area contributed by atoms with E-state index in [1.807, 2.05) is 0 Å². The van der Waals surface area contributed by atoms with Gasteiger partial charge in [0.1, 0.15) is 6.23 Å². The number of hydrogen-bond acceptors (Lipinski definition) is 3. The van der Waals surface area contributed by atoms with Crippen LogP contribution in [0.5, 0.6) is 0 Å². The molecule has 1 rings (SSSR count). The summed E-state index contributed by atoms with van der Waals surface area (Å²) in [6.45, 7) is 6.48. The minimum absolute atomic E-state index is 0.117. The lowest BCUT2D eigenvalue weighted by Crippen LogP contribution is -2.56. The van der Waals surface area contributed by atoms with Crippen LogP contribution in [-0.4, -0.2) is 54.4 Å². The second-order valence-corrected chi connectivity index (χ2v) is 6.08. The fourth-order valence-electron chi connectivity index (χ4n) is 2.40. The zero-order chi connectivity index (χ0) is 12.5. The smallest absolute Gasteiger partial charge is 0.114 e. The summed E-state index contributed by atoms with van der Waals surface area (Å²) in [4.78, 5) is 4.33. The molecule has 0 saturated heterocycles. The third kappa shape index (κ3) is 2.58. The van der Waals surface area contributed by atoms with Gasteiger partial charge in [-0.25, -0.2) is 0 Å². The molecule has 0 amide bonds. The highest BCUT2D eigenvalue weighted by Crippen LogP contribution is 2.34. The zero-order valence-corrected chi connectivity index (χ0v) is 11.7. The maximum Gasteiger partial charge on any atom is 0.114 e. The van der Waals surface area contributed by atoms with E-state index in [1.165, 1.54) is 19.3 Å². The van der Waals surface area contributed by atoms with Gasteiger partial charge in [-0.2, -0.15) is 0 Å². The van der Waals surface area contributed by atoms with Gasteiger partial charge in [0.05, 0.1) is 0 Å². The van der Waals surface area contributed by atoms with Gasteiger partial charge in [0.15, 0.2) is 0 Å². The van der Waals surface area contributed by atoms with Gasteiger partial charge in [-0.1, -0.05) is 20.3 Å². The molecule has 1 N–H and O–H groups in total. The number of nitrogens with zero attached hydrogens (tertiary/aromatic N) is 2. The van der Waals surface area contributed by atoms with Crippen molar-refractivity contribution in [3.8, 4) is 0 Å². The van der Waals surface area contributed by atoms with E-state index in [-0.39, 0.29) is 11.6 Å². The molecule has 1 aliphatic carbocycles. The summed E-state index contributed by atoms with van der Waals surface area (Å²) in [5, 5.41) is 10.5. The van der Waals surface area contributed by atoms with E-state index in [0.29, 0.717) is 12.1 Å². The highest BCUT2D eigenvalue weighted by atomic mass is 16.3. The van der Waals surface area contributed by atoms with E-state index in [4.69, 9.17) is 0 Å². The molecular formula is C13H28N2O. The Morgan fingerprint density at radius 2 is 1.69 bits per heavy atom. The summed E-state index contributed by atoms with van der Waals surface area (Å²) in [5.74, 6) is 0. The van der Waals surface area contributed by atoms with Crippen molar-refractivity contribution in [3.05, 3.63) is 0 Å². The predicted octanol–water partition coefficient (Wildman–Crippen LogP) is 1.77. The minimum atomic E-state index is -0.366. The molecule has 16 heavy (non-hydrogen) atoms. The molecule has 0 radical (unpaired) electrons. The first-order valence-electron chi connectivity index (χ1n) is 6.35. The van der Waals surface area contributed by atoms with E-state index in [0.717, 1.165) is 0 Å². The van der Waals surface area contributed by atoms with E-state index >= 15 is 0 Å². The third-order valence-electron chi connectivity index (χ3n) is 4.55. The molecular weight excluding hydrogens is 200 g/mol. The van der Waals surface area contributed by atoms with Gasteiger partial charge in [-0.15, -0.1) is 0 Å². The van der Waals surface area contributed by atoms with Crippen molar-refractivity contribution >= 4 is 0 Å². The predicted molar refractivity (Wildman–Crippen MR) is 68.3 cm³/mol. The zero-order valence-electron chi connectivity index (χ0n) is 11.7. The Morgan fingerprint density at radius 3 is 2.00 bits per heavy atom. The summed E-state index contributed by atoms with van der Waals surface area (Å²) in [6, 6.07) is 0.939. The normalized spacial score (nSPS) is 22.3. The Balaban J connectivity index is 2.65. The van der Waals surface area contributed by atoms with Gasteiger partial charge in [0, 0.05) is 17.5 Å². The molecule has 0 spiro atoms. The fourth-order valence-corrected chi connectivity index (χ4v) is 2.40. The van der Waals surface area contributed by atoms with Gasteiger partial charge in [-0.05, 0) is 40.9 Å². The Bertz CT molecular complexity index is 224. The molecule has 2 unspecified atom stereocenters. The molecule has 1 fully saturated rings. The quantitative estimate of drug-likeness (QED) is 0.727. The van der Waals surface area contributed by atoms with Crippen LogP contribution in [-0.2, 0) is 0 Å². The molecule has 0 aromatic rings. The second kappa shape index (κ2) is 5.03. The summed E-state index contributed by atoms with van der Waals surface area (Å²) in [6.07, 6.45) is 3.42. The lowest BCUT2D eigenvalue weighted by atomic mass is 9.80. The number of aliphatic hydroxyl groups is 1. The largest absolute Gasteiger partial charge is 0.378 e. The molecule has 0 aliphatic heterocycles. The molecule has 0 aromatic carbocycles. The standard InChI is InChI=1S/C13H28N2O/c1-10(14(4)5)13(2,3)12(16)15(6)11-8-7-9-11/h10-12,16H,7-9H2,1-6H3. The van der Waals surface area contributed by atoms with E-state index < -0.39 is 0 Å². The van der Waals surface area contributed by atoms with E-state index in [9.17, 15) is 5.11 Å². The second-order valence-electron chi connectivity index (χ2n) is 6.08. The molecule has 2 atom stereocenters. The van der Waals surface area contributed by atoms with Crippen LogP contribution in [0.25, 0.3) is 0 Å². The first kappa shape index (κ1) is 13.9. The fraction of sp³-hybridized carbons (Fsp3) is 1.00. The van der Waals surface area contributed by atoms with Crippen molar-refractivity contribution in [2.75, 3.05) is 21.1 Å². The molecule has 1 saturated carbocycles. The molecule has 0 aromatic heterocycles. The Kier molecular flexibility index (Phi) is 4.38. The van der Waals surface area contributed by atoms with Crippen LogP contribution < -0.4 is 0 Å². The van der Waals surface area contributed by atoms with Crippen LogP contribution in [0.2, 0.25) is 0 Å². The SMILES string of the molecule is CC(N(C)C)C(C)(C)C(O)N(C)C1CCC1. The first-order chi connectivity index (χ1) is 7.28. The number of rotatable bonds is 5. The van der Waals surface area contributed by atoms with Crippen LogP contribution in [0.1, 0.15) is 40.0 Å². The highest BCUT2D eigenvalue weighted by Gasteiger charge is 2.40. The minimum Gasteiger partial charge on any atom is -0.378 e. The maximum atomic E-state index is 10.5. The van der Waals surface area contributed by atoms with Gasteiger partial charge in [-0.3, -0.25) is 4.90 Å². The molecule has 3 nitrogen and oxygen atoms in total. The molecule has 1 aliphatic rings. The Labute approximate surface area is 100 Å². The van der Waals surface area contributed by atoms with Crippen molar-refractivity contribution in [3.63, 3.8) is 0 Å². The van der Waals surface area contributed by atoms with Crippen LogP contribution in [0.4, 0.5) is 0 Å². The van der Waals surface area contributed by atoms with Gasteiger partial charge < -0.3 is 10.0 Å². The van der Waals surface area contributed by atoms with Crippen LogP contribution >= 0.6 is 0 Å². The van der Waals surface area contributed by atoms with Gasteiger partial charge in [0.2, 0.25) is 0 Å². The highest BCUT2D eigenvalue weighted by molar-refractivity contribution is 4.90. The summed E-state index contributed by atoms with van der Waals surface area (Å²) < 4.78 is 0. The Hall–Kier alpha value is -0.120. The van der Waals surface area contributed by atoms with E-state index in [1.54, 1.807) is 0 Å². The van der Waals surface area contributed by atoms with Crippen molar-refractivity contribution < 1.29 is 5.11 Å². The van der Waals surface area contributed by atoms with Crippen molar-refractivity contribution in [2.45, 2.75) is 58.3 Å². The molecule has 3 heteroatoms. The third-order valence-corrected chi connectivity index (χ3v) is 4.55. The summed E-state index contributed by atoms with van der Waals surface area (Å²) in [7, 11) is 6.20. The molecule has 96 valence electrons. The maximum absolute atomic E-state index is 10.5. The molecule has 0 heterocycles. The Morgan fingerprint density at radius 1 is 1.19 bits per heavy atom. The van der Waals surface area contributed by atoms with Crippen LogP contribution in [0.3, 0.4) is 0 Å². The van der Waals surface area contributed by atoms with Crippen molar-refractivity contribution in [1.82, 2.24) is 9.80 Å². The average molecular weight is 228 g/mol. The van der Waals surface area contributed by atoms with Gasteiger partial charge >= 0.3 is 0 Å². The van der Waals surface area contributed by atoms with Crippen molar-refractivity contribution in [1.29, 1.82) is 0 Å². The number of aliphatic hydroxyl groups excluding tert-OH is 1. The molecule has 0 bridgehead atoms. The topological polar surface area (TPSA) is 26.7 Å². The lowest BCUT2D eigenvalue weighted by molar-refractivity contribution is -0.119. The lowest BCUT2D eigenvalue weighted by Gasteiger charge is -2.47. The first-order valence-corrected chi connectivity index (χ1v) is 6.35. The van der Waals surface area contributed by atoms with Crippen LogP contribution in [0.15, 0.2) is 0 Å². The summed E-state index contributed by atoms with van der Waals surface area (Å²) in [5.41, 5.74) is -0.117. The van der Waals surface area contributed by atoms with Gasteiger partial charge in [0.25, 0.3) is 0 Å². The van der Waals surface area contributed by atoms with E-state index in [2.05, 4.69) is 51.7 Å². The average Bonchev–Trinajstić information content (AvgIpc) is 2.12. The summed E-state index contributed by atoms with van der Waals surface area (Å²) >= 11 is 0.